The van der Waals surface area contributed by atoms with Crippen LogP contribution >= 0.6 is 0 Å². The van der Waals surface area contributed by atoms with Gasteiger partial charge in [0.1, 0.15) is 13.2 Å². The molecule has 0 atom stereocenters. The zero-order chi connectivity index (χ0) is 27.5. The van der Waals surface area contributed by atoms with Crippen molar-refractivity contribution in [2.45, 2.75) is 51.4 Å². The van der Waals surface area contributed by atoms with Gasteiger partial charge in [0.15, 0.2) is 0 Å². The molecule has 0 saturated heterocycles. The number of hydrogen-bond acceptors (Lipinski definition) is 7. The highest BCUT2D eigenvalue weighted by Crippen LogP contribution is 2.44. The third-order valence-electron chi connectivity index (χ3n) is 6.58. The average molecular weight is 542 g/mol. The molecule has 2 aromatic carbocycles. The molecule has 39 heavy (non-hydrogen) atoms. The molecule has 0 saturated carbocycles. The van der Waals surface area contributed by atoms with Crippen LogP contribution in [-0.4, -0.2) is 71.5 Å². The number of carbonyl (C=O) groups excluding carboxylic acids is 2. The molecule has 214 valence electrons. The lowest BCUT2D eigenvalue weighted by Crippen LogP contribution is -2.29. The molecule has 0 fully saturated rings. The SMILES string of the molecule is CCCCCCCC(=O)OCCOCCOCCOCCNC(=O)OCC1c2ccccc2-c2ccccc21. The van der Waals surface area contributed by atoms with Gasteiger partial charge in [0.2, 0.25) is 0 Å². The first-order chi connectivity index (χ1) is 19.2. The van der Waals surface area contributed by atoms with Gasteiger partial charge in [-0.3, -0.25) is 4.79 Å². The predicted molar refractivity (Wildman–Crippen MR) is 150 cm³/mol. The van der Waals surface area contributed by atoms with Crippen LogP contribution in [0.5, 0.6) is 0 Å². The fourth-order valence-electron chi connectivity index (χ4n) is 4.58. The van der Waals surface area contributed by atoms with Crippen molar-refractivity contribution in [3.63, 3.8) is 0 Å². The monoisotopic (exact) mass is 541 g/mol. The molecule has 0 aromatic heterocycles. The van der Waals surface area contributed by atoms with E-state index in [0.29, 0.717) is 52.6 Å². The first-order valence-electron chi connectivity index (χ1n) is 14.2. The molecule has 0 spiro atoms. The number of fused-ring (bicyclic) bond motifs is 3. The van der Waals surface area contributed by atoms with Crippen LogP contribution in [0.4, 0.5) is 4.79 Å². The average Bonchev–Trinajstić information content (AvgIpc) is 3.28. The Morgan fingerprint density at radius 2 is 1.26 bits per heavy atom. The van der Waals surface area contributed by atoms with Gasteiger partial charge in [-0.1, -0.05) is 81.1 Å². The largest absolute Gasteiger partial charge is 0.463 e. The van der Waals surface area contributed by atoms with Crippen molar-refractivity contribution in [3.05, 3.63) is 59.7 Å². The lowest BCUT2D eigenvalue weighted by atomic mass is 9.98. The van der Waals surface area contributed by atoms with Gasteiger partial charge < -0.3 is 29.0 Å². The van der Waals surface area contributed by atoms with E-state index >= 15 is 0 Å². The Hall–Kier alpha value is -2.94. The van der Waals surface area contributed by atoms with Crippen molar-refractivity contribution in [3.8, 4) is 11.1 Å². The van der Waals surface area contributed by atoms with E-state index < -0.39 is 6.09 Å². The van der Waals surface area contributed by atoms with Crippen LogP contribution in [0.15, 0.2) is 48.5 Å². The van der Waals surface area contributed by atoms with Gasteiger partial charge >= 0.3 is 12.1 Å². The van der Waals surface area contributed by atoms with Crippen LogP contribution in [0, 0.1) is 0 Å². The minimum atomic E-state index is -0.452. The summed E-state index contributed by atoms with van der Waals surface area (Å²) in [5.74, 6) is -0.114. The maximum absolute atomic E-state index is 12.2. The van der Waals surface area contributed by atoms with E-state index in [4.69, 9.17) is 23.7 Å². The van der Waals surface area contributed by atoms with Gasteiger partial charge in [0.25, 0.3) is 0 Å². The third kappa shape index (κ3) is 11.0. The molecular formula is C31H43NO7. The number of ether oxygens (including phenoxy) is 5. The number of hydrogen-bond donors (Lipinski definition) is 1. The summed E-state index contributed by atoms with van der Waals surface area (Å²) in [5.41, 5.74) is 4.78. The molecule has 0 bridgehead atoms. The minimum absolute atomic E-state index is 0.0423. The summed E-state index contributed by atoms with van der Waals surface area (Å²) >= 11 is 0. The molecule has 0 radical (unpaired) electrons. The topological polar surface area (TPSA) is 92.3 Å². The highest BCUT2D eigenvalue weighted by atomic mass is 16.6. The molecule has 8 heteroatoms. The van der Waals surface area contributed by atoms with E-state index in [1.807, 2.05) is 24.3 Å². The van der Waals surface area contributed by atoms with Gasteiger partial charge in [-0.15, -0.1) is 0 Å². The van der Waals surface area contributed by atoms with Crippen molar-refractivity contribution in [2.75, 3.05) is 59.4 Å². The number of benzene rings is 2. The number of rotatable bonds is 20. The lowest BCUT2D eigenvalue weighted by molar-refractivity contribution is -0.145. The Morgan fingerprint density at radius 3 is 1.90 bits per heavy atom. The van der Waals surface area contributed by atoms with Crippen molar-refractivity contribution in [1.82, 2.24) is 5.32 Å². The Morgan fingerprint density at radius 1 is 0.692 bits per heavy atom. The summed E-state index contributed by atoms with van der Waals surface area (Å²) in [6, 6.07) is 16.5. The van der Waals surface area contributed by atoms with Crippen LogP contribution < -0.4 is 5.32 Å². The molecule has 1 aliphatic rings. The highest BCUT2D eigenvalue weighted by molar-refractivity contribution is 5.79. The first-order valence-corrected chi connectivity index (χ1v) is 14.2. The third-order valence-corrected chi connectivity index (χ3v) is 6.58. The number of alkyl carbamates (subject to hydrolysis) is 1. The van der Waals surface area contributed by atoms with E-state index in [1.54, 1.807) is 0 Å². The van der Waals surface area contributed by atoms with E-state index in [0.717, 1.165) is 12.8 Å². The van der Waals surface area contributed by atoms with Crippen molar-refractivity contribution in [1.29, 1.82) is 0 Å². The molecule has 8 nitrogen and oxygen atoms in total. The van der Waals surface area contributed by atoms with Crippen LogP contribution in [0.2, 0.25) is 0 Å². The molecule has 1 N–H and O–H groups in total. The predicted octanol–water partition coefficient (Wildman–Crippen LogP) is 5.48. The quantitative estimate of drug-likeness (QED) is 0.175. The molecule has 0 heterocycles. The zero-order valence-corrected chi connectivity index (χ0v) is 23.2. The second-order valence-corrected chi connectivity index (χ2v) is 9.47. The van der Waals surface area contributed by atoms with Gasteiger partial charge in [-0.25, -0.2) is 4.79 Å². The summed E-state index contributed by atoms with van der Waals surface area (Å²) in [6.45, 7) is 5.54. The second kappa shape index (κ2) is 18.4. The van der Waals surface area contributed by atoms with Gasteiger partial charge in [-0.2, -0.15) is 0 Å². The summed E-state index contributed by atoms with van der Waals surface area (Å²) in [7, 11) is 0. The number of unbranched alkanes of at least 4 members (excludes halogenated alkanes) is 4. The van der Waals surface area contributed by atoms with Gasteiger partial charge in [-0.05, 0) is 28.7 Å². The van der Waals surface area contributed by atoms with E-state index in [9.17, 15) is 9.59 Å². The maximum Gasteiger partial charge on any atom is 0.407 e. The van der Waals surface area contributed by atoms with Crippen molar-refractivity contribution < 1.29 is 33.3 Å². The molecule has 1 aliphatic carbocycles. The molecule has 3 rings (SSSR count). The standard InChI is InChI=1S/C31H43NO7/c1-2-3-4-5-6-15-30(33)38-23-22-37-21-20-36-19-18-35-17-16-32-31(34)39-24-29-27-13-9-7-11-25(27)26-12-8-10-14-28(26)29/h7-14,29H,2-6,15-24H2,1H3,(H,32,34). The Labute approximate surface area is 232 Å². The van der Waals surface area contributed by atoms with Crippen molar-refractivity contribution >= 4 is 12.1 Å². The van der Waals surface area contributed by atoms with E-state index in [1.165, 1.54) is 41.5 Å². The molecular weight excluding hydrogens is 498 g/mol. The Balaban J connectivity index is 1.11. The summed E-state index contributed by atoms with van der Waals surface area (Å²) < 4.78 is 27.0. The minimum Gasteiger partial charge on any atom is -0.463 e. The van der Waals surface area contributed by atoms with Gasteiger partial charge in [0, 0.05) is 18.9 Å². The molecule has 2 aromatic rings. The van der Waals surface area contributed by atoms with Crippen LogP contribution in [0.1, 0.15) is 62.5 Å². The summed E-state index contributed by atoms with van der Waals surface area (Å²) in [5, 5.41) is 2.73. The summed E-state index contributed by atoms with van der Waals surface area (Å²) in [6.07, 6.45) is 5.59. The van der Waals surface area contributed by atoms with Crippen molar-refractivity contribution in [2.24, 2.45) is 0 Å². The Bertz CT molecular complexity index is 951. The Kier molecular flexibility index (Phi) is 14.4. The molecule has 0 aliphatic heterocycles. The zero-order valence-electron chi connectivity index (χ0n) is 23.2. The van der Waals surface area contributed by atoms with E-state index in [-0.39, 0.29) is 25.1 Å². The fourth-order valence-corrected chi connectivity index (χ4v) is 4.58. The number of amides is 1. The van der Waals surface area contributed by atoms with Gasteiger partial charge in [0.05, 0.1) is 39.6 Å². The van der Waals surface area contributed by atoms with Crippen LogP contribution in [0.25, 0.3) is 11.1 Å². The normalized spacial score (nSPS) is 12.1. The first kappa shape index (κ1) is 30.6. The lowest BCUT2D eigenvalue weighted by Gasteiger charge is -2.14. The second-order valence-electron chi connectivity index (χ2n) is 9.47. The number of esters is 1. The maximum atomic E-state index is 12.2. The van der Waals surface area contributed by atoms with E-state index in [2.05, 4.69) is 36.5 Å². The summed E-state index contributed by atoms with van der Waals surface area (Å²) in [4.78, 5) is 23.8. The number of carbonyl (C=O) groups is 2. The highest BCUT2D eigenvalue weighted by Gasteiger charge is 2.28. The fraction of sp³-hybridized carbons (Fsp3) is 0.548. The van der Waals surface area contributed by atoms with Crippen LogP contribution in [0.3, 0.4) is 0 Å². The molecule has 0 unspecified atom stereocenters. The molecule has 1 amide bonds. The smallest absolute Gasteiger partial charge is 0.407 e. The number of nitrogens with one attached hydrogen (secondary N) is 1. The van der Waals surface area contributed by atoms with Crippen LogP contribution in [-0.2, 0) is 28.5 Å².